The number of ether oxygens (including phenoxy) is 1. The van der Waals surface area contributed by atoms with Gasteiger partial charge in [0.05, 0.1) is 17.7 Å². The van der Waals surface area contributed by atoms with Gasteiger partial charge in [-0.05, 0) is 43.3 Å². The average molecular weight is 398 g/mol. The molecule has 0 bridgehead atoms. The molecule has 1 atom stereocenters. The average Bonchev–Trinajstić information content (AvgIpc) is 3.13. The third kappa shape index (κ3) is 5.63. The smallest absolute Gasteiger partial charge is 0.322 e. The molecule has 8 nitrogen and oxygen atoms in total. The minimum absolute atomic E-state index is 0.132. The van der Waals surface area contributed by atoms with Gasteiger partial charge in [-0.1, -0.05) is 0 Å². The molecule has 146 valence electrons. The van der Waals surface area contributed by atoms with E-state index in [1.165, 1.54) is 20.2 Å². The van der Waals surface area contributed by atoms with Gasteiger partial charge in [-0.15, -0.1) is 0 Å². The molecule has 0 radical (unpaired) electrons. The standard InChI is InChI=1S/C17H19FN2O6S/c1-12(17(22)19-10-14-4-3-9-25-14)26-16(21)11-20(2)27(23,24)15-7-5-13(18)6-8-15/h3-9,12H,10-11H2,1-2H3,(H,19,22)/t12-/m1/s1. The van der Waals surface area contributed by atoms with E-state index >= 15 is 0 Å². The van der Waals surface area contributed by atoms with Crippen LogP contribution in [0.15, 0.2) is 52.0 Å². The predicted octanol–water partition coefficient (Wildman–Crippen LogP) is 1.29. The molecule has 1 aromatic carbocycles. The minimum Gasteiger partial charge on any atom is -0.467 e. The highest BCUT2D eigenvalue weighted by Crippen LogP contribution is 2.14. The van der Waals surface area contributed by atoms with E-state index in [2.05, 4.69) is 5.32 Å². The molecule has 0 saturated carbocycles. The fourth-order valence-corrected chi connectivity index (χ4v) is 3.19. The quantitative estimate of drug-likeness (QED) is 0.672. The molecular weight excluding hydrogens is 379 g/mol. The predicted molar refractivity (Wildman–Crippen MR) is 92.3 cm³/mol. The molecule has 0 saturated heterocycles. The topological polar surface area (TPSA) is 106 Å². The zero-order chi connectivity index (χ0) is 20.0. The summed E-state index contributed by atoms with van der Waals surface area (Å²) in [6.45, 7) is 0.895. The zero-order valence-corrected chi connectivity index (χ0v) is 15.5. The second kappa shape index (κ2) is 8.78. The van der Waals surface area contributed by atoms with Crippen LogP contribution in [0.1, 0.15) is 12.7 Å². The monoisotopic (exact) mass is 398 g/mol. The Morgan fingerprint density at radius 3 is 2.52 bits per heavy atom. The summed E-state index contributed by atoms with van der Waals surface area (Å²) >= 11 is 0. The number of likely N-dealkylation sites (N-methyl/N-ethyl adjacent to an activating group) is 1. The third-order valence-electron chi connectivity index (χ3n) is 3.57. The zero-order valence-electron chi connectivity index (χ0n) is 14.7. The van der Waals surface area contributed by atoms with E-state index in [0.29, 0.717) is 5.76 Å². The number of halogens is 1. The molecule has 1 N–H and O–H groups in total. The molecule has 10 heteroatoms. The summed E-state index contributed by atoms with van der Waals surface area (Å²) in [7, 11) is -2.81. The van der Waals surface area contributed by atoms with Crippen molar-refractivity contribution >= 4 is 21.9 Å². The second-order valence-electron chi connectivity index (χ2n) is 5.64. The lowest BCUT2D eigenvalue weighted by Gasteiger charge is -2.18. The molecule has 1 amide bonds. The second-order valence-corrected chi connectivity index (χ2v) is 7.69. The maximum absolute atomic E-state index is 12.9. The Hall–Kier alpha value is -2.72. The summed E-state index contributed by atoms with van der Waals surface area (Å²) in [5, 5.41) is 2.53. The summed E-state index contributed by atoms with van der Waals surface area (Å²) in [6, 6.07) is 7.54. The van der Waals surface area contributed by atoms with Crippen LogP contribution in [0.2, 0.25) is 0 Å². The Morgan fingerprint density at radius 1 is 1.26 bits per heavy atom. The van der Waals surface area contributed by atoms with Gasteiger partial charge in [-0.2, -0.15) is 4.31 Å². The van der Waals surface area contributed by atoms with Gasteiger partial charge in [0.2, 0.25) is 10.0 Å². The van der Waals surface area contributed by atoms with Crippen molar-refractivity contribution in [1.29, 1.82) is 0 Å². The molecule has 0 aliphatic heterocycles. The lowest BCUT2D eigenvalue weighted by molar-refractivity contribution is -0.154. The maximum atomic E-state index is 12.9. The van der Waals surface area contributed by atoms with Crippen LogP contribution in [0.5, 0.6) is 0 Å². The lowest BCUT2D eigenvalue weighted by Crippen LogP contribution is -2.39. The van der Waals surface area contributed by atoms with Crippen molar-refractivity contribution < 1.29 is 31.6 Å². The first kappa shape index (κ1) is 20.6. The van der Waals surface area contributed by atoms with Crippen LogP contribution in [0, 0.1) is 5.82 Å². The van der Waals surface area contributed by atoms with E-state index in [9.17, 15) is 22.4 Å². The number of hydrogen-bond donors (Lipinski definition) is 1. The Morgan fingerprint density at radius 2 is 1.93 bits per heavy atom. The van der Waals surface area contributed by atoms with Crippen LogP contribution in [0.3, 0.4) is 0 Å². The number of nitrogens with zero attached hydrogens (tertiary/aromatic N) is 1. The van der Waals surface area contributed by atoms with Crippen molar-refractivity contribution in [2.24, 2.45) is 0 Å². The number of benzene rings is 1. The number of amides is 1. The number of furan rings is 1. The van der Waals surface area contributed by atoms with E-state index in [1.807, 2.05) is 0 Å². The third-order valence-corrected chi connectivity index (χ3v) is 5.39. The van der Waals surface area contributed by atoms with Crippen molar-refractivity contribution in [3.05, 3.63) is 54.2 Å². The molecule has 1 aromatic heterocycles. The van der Waals surface area contributed by atoms with Gasteiger partial charge in [-0.3, -0.25) is 9.59 Å². The highest BCUT2D eigenvalue weighted by Gasteiger charge is 2.25. The van der Waals surface area contributed by atoms with Crippen molar-refractivity contribution in [3.63, 3.8) is 0 Å². The van der Waals surface area contributed by atoms with Crippen LogP contribution in [-0.4, -0.2) is 44.3 Å². The van der Waals surface area contributed by atoms with Crippen LogP contribution < -0.4 is 5.32 Å². The fourth-order valence-electron chi connectivity index (χ4n) is 2.07. The molecule has 1 heterocycles. The molecule has 27 heavy (non-hydrogen) atoms. The Bertz CT molecular complexity index is 881. The van der Waals surface area contributed by atoms with Crippen molar-refractivity contribution in [2.45, 2.75) is 24.5 Å². The maximum Gasteiger partial charge on any atom is 0.322 e. The van der Waals surface area contributed by atoms with Crippen LogP contribution in [0.25, 0.3) is 0 Å². The highest BCUT2D eigenvalue weighted by atomic mass is 32.2. The molecule has 0 aliphatic rings. The van der Waals surface area contributed by atoms with Crippen LogP contribution in [-0.2, 0) is 30.9 Å². The van der Waals surface area contributed by atoms with E-state index < -0.39 is 40.4 Å². The number of carbonyl (C=O) groups excluding carboxylic acids is 2. The highest BCUT2D eigenvalue weighted by molar-refractivity contribution is 7.89. The molecule has 2 rings (SSSR count). The first-order chi connectivity index (χ1) is 12.7. The van der Waals surface area contributed by atoms with Gasteiger partial charge in [0.1, 0.15) is 18.1 Å². The van der Waals surface area contributed by atoms with Gasteiger partial charge >= 0.3 is 5.97 Å². The van der Waals surface area contributed by atoms with Gasteiger partial charge < -0.3 is 14.5 Å². The summed E-state index contributed by atoms with van der Waals surface area (Å²) < 4.78 is 48.4. The first-order valence-electron chi connectivity index (χ1n) is 7.91. The largest absolute Gasteiger partial charge is 0.467 e. The van der Waals surface area contributed by atoms with Crippen molar-refractivity contribution in [2.75, 3.05) is 13.6 Å². The molecule has 0 unspecified atom stereocenters. The van der Waals surface area contributed by atoms with Gasteiger partial charge in [0.15, 0.2) is 6.10 Å². The molecule has 0 fully saturated rings. The van der Waals surface area contributed by atoms with E-state index in [0.717, 1.165) is 28.6 Å². The van der Waals surface area contributed by atoms with Crippen molar-refractivity contribution in [1.82, 2.24) is 9.62 Å². The van der Waals surface area contributed by atoms with E-state index in [1.54, 1.807) is 12.1 Å². The Labute approximate surface area is 156 Å². The normalized spacial score (nSPS) is 12.6. The fraction of sp³-hybridized carbons (Fsp3) is 0.294. The number of esters is 1. The molecule has 0 aliphatic carbocycles. The number of sulfonamides is 1. The number of carbonyl (C=O) groups is 2. The molecular formula is C17H19FN2O6S. The molecule has 0 spiro atoms. The Balaban J connectivity index is 1.87. The summed E-state index contributed by atoms with van der Waals surface area (Å²) in [5.74, 6) is -1.50. The number of rotatable bonds is 8. The summed E-state index contributed by atoms with van der Waals surface area (Å²) in [4.78, 5) is 23.7. The lowest BCUT2D eigenvalue weighted by atomic mass is 10.3. The minimum atomic E-state index is -3.99. The SMILES string of the molecule is C[C@@H](OC(=O)CN(C)S(=O)(=O)c1ccc(F)cc1)C(=O)NCc1ccco1. The van der Waals surface area contributed by atoms with Gasteiger partial charge in [0.25, 0.3) is 5.91 Å². The molecule has 2 aromatic rings. The van der Waals surface area contributed by atoms with Crippen LogP contribution in [0.4, 0.5) is 4.39 Å². The summed E-state index contributed by atoms with van der Waals surface area (Å²) in [5.41, 5.74) is 0. The first-order valence-corrected chi connectivity index (χ1v) is 9.35. The van der Waals surface area contributed by atoms with E-state index in [4.69, 9.17) is 9.15 Å². The van der Waals surface area contributed by atoms with E-state index in [-0.39, 0.29) is 11.4 Å². The van der Waals surface area contributed by atoms with Gasteiger partial charge in [-0.25, -0.2) is 12.8 Å². The van der Waals surface area contributed by atoms with Crippen LogP contribution >= 0.6 is 0 Å². The number of hydrogen-bond acceptors (Lipinski definition) is 6. The van der Waals surface area contributed by atoms with Crippen molar-refractivity contribution in [3.8, 4) is 0 Å². The van der Waals surface area contributed by atoms with Gasteiger partial charge in [0, 0.05) is 7.05 Å². The Kier molecular flexibility index (Phi) is 6.70. The number of nitrogens with one attached hydrogen (secondary N) is 1. The summed E-state index contributed by atoms with van der Waals surface area (Å²) in [6.07, 6.45) is 0.344.